The van der Waals surface area contributed by atoms with Crippen molar-refractivity contribution in [3.63, 3.8) is 0 Å². The van der Waals surface area contributed by atoms with Crippen molar-refractivity contribution in [2.45, 2.75) is 20.4 Å². The fourth-order valence-corrected chi connectivity index (χ4v) is 2.28. The number of thiocarbonyl (C=S) groups is 1. The second-order valence-electron chi connectivity index (χ2n) is 4.80. The van der Waals surface area contributed by atoms with Crippen LogP contribution in [0.4, 0.5) is 5.69 Å². The SMILES string of the molecule is CCN(Cc1ccccc1)C(=S)Nc1ccc(C)cc1. The first-order valence-corrected chi connectivity index (χ1v) is 7.26. The molecule has 3 heteroatoms. The Balaban J connectivity index is 2.00. The molecule has 0 fully saturated rings. The van der Waals surface area contributed by atoms with E-state index in [1.165, 1.54) is 11.1 Å². The number of nitrogens with one attached hydrogen (secondary N) is 1. The largest absolute Gasteiger partial charge is 0.345 e. The van der Waals surface area contributed by atoms with E-state index in [4.69, 9.17) is 12.2 Å². The number of nitrogens with zero attached hydrogens (tertiary/aromatic N) is 1. The van der Waals surface area contributed by atoms with E-state index in [0.717, 1.165) is 23.9 Å². The van der Waals surface area contributed by atoms with Crippen LogP contribution in [0.5, 0.6) is 0 Å². The molecule has 0 heterocycles. The average molecular weight is 284 g/mol. The van der Waals surface area contributed by atoms with Crippen LogP contribution in [0.15, 0.2) is 54.6 Å². The van der Waals surface area contributed by atoms with E-state index in [-0.39, 0.29) is 0 Å². The first kappa shape index (κ1) is 14.5. The molecular formula is C17H20N2S. The lowest BCUT2D eigenvalue weighted by Gasteiger charge is -2.24. The number of aryl methyl sites for hydroxylation is 1. The summed E-state index contributed by atoms with van der Waals surface area (Å²) in [4.78, 5) is 2.16. The molecule has 2 aromatic carbocycles. The van der Waals surface area contributed by atoms with Gasteiger partial charge < -0.3 is 10.2 Å². The van der Waals surface area contributed by atoms with Crippen LogP contribution in [0.3, 0.4) is 0 Å². The quantitative estimate of drug-likeness (QED) is 0.847. The van der Waals surface area contributed by atoms with Gasteiger partial charge in [-0.15, -0.1) is 0 Å². The third kappa shape index (κ3) is 4.07. The van der Waals surface area contributed by atoms with Gasteiger partial charge >= 0.3 is 0 Å². The Bertz CT molecular complexity index is 549. The standard InChI is InChI=1S/C17H20N2S/c1-3-19(13-15-7-5-4-6-8-15)17(20)18-16-11-9-14(2)10-12-16/h4-12H,3,13H2,1-2H3,(H,18,20). The van der Waals surface area contributed by atoms with Crippen LogP contribution in [0, 0.1) is 6.92 Å². The third-order valence-electron chi connectivity index (χ3n) is 3.19. The second-order valence-corrected chi connectivity index (χ2v) is 5.18. The van der Waals surface area contributed by atoms with Gasteiger partial charge in [0, 0.05) is 18.8 Å². The van der Waals surface area contributed by atoms with Gasteiger partial charge in [-0.3, -0.25) is 0 Å². The molecule has 0 atom stereocenters. The smallest absolute Gasteiger partial charge is 0.173 e. The highest BCUT2D eigenvalue weighted by Crippen LogP contribution is 2.11. The van der Waals surface area contributed by atoms with Gasteiger partial charge in [0.25, 0.3) is 0 Å². The van der Waals surface area contributed by atoms with Crippen LogP contribution >= 0.6 is 12.2 Å². The van der Waals surface area contributed by atoms with Crippen molar-refractivity contribution in [1.29, 1.82) is 0 Å². The molecule has 2 aromatic rings. The van der Waals surface area contributed by atoms with Crippen molar-refractivity contribution in [3.8, 4) is 0 Å². The average Bonchev–Trinajstić information content (AvgIpc) is 2.48. The molecule has 0 saturated heterocycles. The third-order valence-corrected chi connectivity index (χ3v) is 3.55. The summed E-state index contributed by atoms with van der Waals surface area (Å²) in [5, 5.41) is 4.06. The molecule has 0 aromatic heterocycles. The molecular weight excluding hydrogens is 264 g/mol. The van der Waals surface area contributed by atoms with Crippen molar-refractivity contribution in [1.82, 2.24) is 4.90 Å². The van der Waals surface area contributed by atoms with Gasteiger partial charge in [0.05, 0.1) is 0 Å². The number of hydrogen-bond acceptors (Lipinski definition) is 1. The van der Waals surface area contributed by atoms with E-state index in [1.54, 1.807) is 0 Å². The summed E-state index contributed by atoms with van der Waals surface area (Å²) in [5.41, 5.74) is 3.55. The minimum atomic E-state index is 0.764. The van der Waals surface area contributed by atoms with Crippen molar-refractivity contribution in [2.24, 2.45) is 0 Å². The minimum absolute atomic E-state index is 0.764. The maximum absolute atomic E-state index is 5.50. The summed E-state index contributed by atoms with van der Waals surface area (Å²) >= 11 is 5.50. The van der Waals surface area contributed by atoms with Crippen molar-refractivity contribution in [2.75, 3.05) is 11.9 Å². The Morgan fingerprint density at radius 3 is 2.30 bits per heavy atom. The lowest BCUT2D eigenvalue weighted by Crippen LogP contribution is -2.34. The van der Waals surface area contributed by atoms with Gasteiger partial charge in [-0.2, -0.15) is 0 Å². The van der Waals surface area contributed by atoms with Crippen molar-refractivity contribution < 1.29 is 0 Å². The highest BCUT2D eigenvalue weighted by molar-refractivity contribution is 7.80. The van der Waals surface area contributed by atoms with E-state index < -0.39 is 0 Å². The molecule has 2 rings (SSSR count). The molecule has 0 amide bonds. The van der Waals surface area contributed by atoms with Crippen LogP contribution < -0.4 is 5.32 Å². The van der Waals surface area contributed by atoms with Crippen molar-refractivity contribution in [3.05, 3.63) is 65.7 Å². The molecule has 2 nitrogen and oxygen atoms in total. The van der Waals surface area contributed by atoms with E-state index in [0.29, 0.717) is 0 Å². The molecule has 0 aliphatic rings. The zero-order valence-corrected chi connectivity index (χ0v) is 12.8. The maximum atomic E-state index is 5.50. The molecule has 1 N–H and O–H groups in total. The first-order valence-electron chi connectivity index (χ1n) is 6.85. The van der Waals surface area contributed by atoms with Gasteiger partial charge in [0.2, 0.25) is 0 Å². The van der Waals surface area contributed by atoms with Gasteiger partial charge in [-0.05, 0) is 43.8 Å². The Morgan fingerprint density at radius 2 is 1.70 bits per heavy atom. The molecule has 0 unspecified atom stereocenters. The minimum Gasteiger partial charge on any atom is -0.345 e. The Kier molecular flexibility index (Phi) is 5.13. The highest BCUT2D eigenvalue weighted by Gasteiger charge is 2.08. The maximum Gasteiger partial charge on any atom is 0.173 e. The summed E-state index contributed by atoms with van der Waals surface area (Å²) < 4.78 is 0. The fourth-order valence-electron chi connectivity index (χ4n) is 1.97. The molecule has 104 valence electrons. The number of rotatable bonds is 4. The lowest BCUT2D eigenvalue weighted by atomic mass is 10.2. The fraction of sp³-hybridized carbons (Fsp3) is 0.235. The molecule has 0 radical (unpaired) electrons. The first-order chi connectivity index (χ1) is 9.69. The number of hydrogen-bond donors (Lipinski definition) is 1. The zero-order valence-electron chi connectivity index (χ0n) is 12.0. The monoisotopic (exact) mass is 284 g/mol. The lowest BCUT2D eigenvalue weighted by molar-refractivity contribution is 0.442. The van der Waals surface area contributed by atoms with E-state index in [2.05, 4.69) is 72.6 Å². The number of benzene rings is 2. The van der Waals surface area contributed by atoms with Crippen LogP contribution in [-0.2, 0) is 6.54 Å². The van der Waals surface area contributed by atoms with Crippen molar-refractivity contribution >= 4 is 23.0 Å². The summed E-state index contributed by atoms with van der Waals surface area (Å²) in [7, 11) is 0. The Morgan fingerprint density at radius 1 is 1.05 bits per heavy atom. The summed E-state index contributed by atoms with van der Waals surface area (Å²) in [6.07, 6.45) is 0. The van der Waals surface area contributed by atoms with E-state index in [9.17, 15) is 0 Å². The van der Waals surface area contributed by atoms with Gasteiger partial charge in [-0.25, -0.2) is 0 Å². The molecule has 0 bridgehead atoms. The molecule has 0 aliphatic heterocycles. The zero-order chi connectivity index (χ0) is 14.4. The summed E-state index contributed by atoms with van der Waals surface area (Å²) in [6, 6.07) is 18.7. The molecule has 0 aliphatic carbocycles. The number of anilines is 1. The van der Waals surface area contributed by atoms with Gasteiger partial charge in [0.15, 0.2) is 5.11 Å². The topological polar surface area (TPSA) is 15.3 Å². The van der Waals surface area contributed by atoms with Crippen LogP contribution in [0.1, 0.15) is 18.1 Å². The summed E-state index contributed by atoms with van der Waals surface area (Å²) in [5.74, 6) is 0. The molecule has 0 spiro atoms. The van der Waals surface area contributed by atoms with Gasteiger partial charge in [-0.1, -0.05) is 48.0 Å². The molecule has 0 saturated carbocycles. The predicted molar refractivity (Wildman–Crippen MR) is 89.9 cm³/mol. The van der Waals surface area contributed by atoms with Crippen LogP contribution in [0.2, 0.25) is 0 Å². The Labute approximate surface area is 126 Å². The Hall–Kier alpha value is -1.87. The van der Waals surface area contributed by atoms with Gasteiger partial charge in [0.1, 0.15) is 0 Å². The van der Waals surface area contributed by atoms with Crippen LogP contribution in [-0.4, -0.2) is 16.6 Å². The highest BCUT2D eigenvalue weighted by atomic mass is 32.1. The van der Waals surface area contributed by atoms with Crippen LogP contribution in [0.25, 0.3) is 0 Å². The van der Waals surface area contributed by atoms with E-state index >= 15 is 0 Å². The normalized spacial score (nSPS) is 10.1. The summed E-state index contributed by atoms with van der Waals surface area (Å²) in [6.45, 7) is 5.91. The molecule has 20 heavy (non-hydrogen) atoms. The second kappa shape index (κ2) is 7.06. The predicted octanol–water partition coefficient (Wildman–Crippen LogP) is 4.21. The van der Waals surface area contributed by atoms with E-state index in [1.807, 2.05) is 6.07 Å².